The van der Waals surface area contributed by atoms with Gasteiger partial charge in [-0.25, -0.2) is 0 Å². The van der Waals surface area contributed by atoms with Gasteiger partial charge in [-0.3, -0.25) is 0 Å². The number of rotatable bonds is 4. The van der Waals surface area contributed by atoms with Gasteiger partial charge in [-0.15, -0.1) is 10.2 Å². The molecule has 0 saturated heterocycles. The van der Waals surface area contributed by atoms with Crippen LogP contribution in [0.2, 0.25) is 4.47 Å². The molecule has 0 saturated carbocycles. The Kier molecular flexibility index (Phi) is 3.81. The molecule has 0 aliphatic heterocycles. The zero-order chi connectivity index (χ0) is 12.3. The summed E-state index contributed by atoms with van der Waals surface area (Å²) in [6.07, 6.45) is 0. The molecule has 1 aromatic carbocycles. The SMILES string of the molecule is COc1cc(C)ccc1OCc1nnc(Cl)s1. The molecule has 2 rings (SSSR count). The third-order valence-electron chi connectivity index (χ3n) is 2.11. The molecule has 0 radical (unpaired) electrons. The number of ether oxygens (including phenoxy) is 2. The van der Waals surface area contributed by atoms with Crippen molar-refractivity contribution >= 4 is 22.9 Å². The second-order valence-electron chi connectivity index (χ2n) is 3.39. The van der Waals surface area contributed by atoms with E-state index in [1.165, 1.54) is 11.3 Å². The minimum atomic E-state index is 0.337. The third kappa shape index (κ3) is 3.08. The largest absolute Gasteiger partial charge is 0.493 e. The van der Waals surface area contributed by atoms with Gasteiger partial charge < -0.3 is 9.47 Å². The maximum absolute atomic E-state index is 5.69. The van der Waals surface area contributed by atoms with Crippen LogP contribution in [-0.4, -0.2) is 17.3 Å². The van der Waals surface area contributed by atoms with Crippen molar-refractivity contribution in [2.24, 2.45) is 0 Å². The Morgan fingerprint density at radius 2 is 2.12 bits per heavy atom. The predicted octanol–water partition coefficient (Wildman–Crippen LogP) is 3.09. The second-order valence-corrected chi connectivity index (χ2v) is 5.04. The maximum atomic E-state index is 5.69. The molecule has 0 amide bonds. The van der Waals surface area contributed by atoms with Gasteiger partial charge >= 0.3 is 0 Å². The lowest BCUT2D eigenvalue weighted by Gasteiger charge is -2.09. The van der Waals surface area contributed by atoms with E-state index in [-0.39, 0.29) is 0 Å². The Morgan fingerprint density at radius 3 is 2.76 bits per heavy atom. The standard InChI is InChI=1S/C11H11ClN2O2S/c1-7-3-4-8(9(5-7)15-2)16-6-10-13-14-11(12)17-10/h3-5H,6H2,1-2H3. The summed E-state index contributed by atoms with van der Waals surface area (Å²) in [6.45, 7) is 2.33. The van der Waals surface area contributed by atoms with Gasteiger partial charge in [0.25, 0.3) is 0 Å². The molecule has 0 fully saturated rings. The molecule has 17 heavy (non-hydrogen) atoms. The van der Waals surface area contributed by atoms with Crippen molar-refractivity contribution in [1.29, 1.82) is 0 Å². The van der Waals surface area contributed by atoms with Gasteiger partial charge in [0.2, 0.25) is 4.47 Å². The normalized spacial score (nSPS) is 10.3. The summed E-state index contributed by atoms with van der Waals surface area (Å²) in [5.41, 5.74) is 1.12. The Balaban J connectivity index is 2.08. The summed E-state index contributed by atoms with van der Waals surface area (Å²) >= 11 is 6.99. The fraction of sp³-hybridized carbons (Fsp3) is 0.273. The number of methoxy groups -OCH3 is 1. The van der Waals surface area contributed by atoms with Crippen molar-refractivity contribution in [2.75, 3.05) is 7.11 Å². The number of benzene rings is 1. The molecule has 1 heterocycles. The van der Waals surface area contributed by atoms with Gasteiger partial charge in [0.1, 0.15) is 6.61 Å². The first-order valence-corrected chi connectivity index (χ1v) is 6.14. The highest BCUT2D eigenvalue weighted by molar-refractivity contribution is 7.15. The molecule has 0 aliphatic carbocycles. The number of hydrogen-bond donors (Lipinski definition) is 0. The summed E-state index contributed by atoms with van der Waals surface area (Å²) in [7, 11) is 1.61. The van der Waals surface area contributed by atoms with Crippen molar-refractivity contribution in [3.63, 3.8) is 0 Å². The molecule has 4 nitrogen and oxygen atoms in total. The van der Waals surface area contributed by atoms with E-state index in [1.54, 1.807) is 7.11 Å². The minimum absolute atomic E-state index is 0.337. The monoisotopic (exact) mass is 270 g/mol. The molecule has 1 aromatic heterocycles. The fourth-order valence-electron chi connectivity index (χ4n) is 1.32. The Labute approximate surface area is 108 Å². The number of aromatic nitrogens is 2. The molecule has 0 bridgehead atoms. The highest BCUT2D eigenvalue weighted by atomic mass is 35.5. The van der Waals surface area contributed by atoms with Gasteiger partial charge in [0, 0.05) is 0 Å². The first kappa shape index (κ1) is 12.1. The molecule has 0 spiro atoms. The van der Waals surface area contributed by atoms with Crippen LogP contribution in [0.25, 0.3) is 0 Å². The summed E-state index contributed by atoms with van der Waals surface area (Å²) in [4.78, 5) is 0. The molecule has 90 valence electrons. The second kappa shape index (κ2) is 5.33. The highest BCUT2D eigenvalue weighted by Crippen LogP contribution is 2.28. The van der Waals surface area contributed by atoms with Gasteiger partial charge in [0.15, 0.2) is 16.5 Å². The van der Waals surface area contributed by atoms with Crippen molar-refractivity contribution in [2.45, 2.75) is 13.5 Å². The smallest absolute Gasteiger partial charge is 0.207 e. The van der Waals surface area contributed by atoms with Gasteiger partial charge in [0.05, 0.1) is 7.11 Å². The quantitative estimate of drug-likeness (QED) is 0.856. The summed E-state index contributed by atoms with van der Waals surface area (Å²) < 4.78 is 11.3. The lowest BCUT2D eigenvalue weighted by atomic mass is 10.2. The number of aryl methyl sites for hydroxylation is 1. The van der Waals surface area contributed by atoms with E-state index in [4.69, 9.17) is 21.1 Å². The van der Waals surface area contributed by atoms with E-state index in [1.807, 2.05) is 25.1 Å². The fourth-order valence-corrected chi connectivity index (χ4v) is 2.11. The lowest BCUT2D eigenvalue weighted by Crippen LogP contribution is -1.97. The highest BCUT2D eigenvalue weighted by Gasteiger charge is 2.07. The van der Waals surface area contributed by atoms with E-state index in [9.17, 15) is 0 Å². The van der Waals surface area contributed by atoms with Crippen molar-refractivity contribution in [3.8, 4) is 11.5 Å². The number of nitrogens with zero attached hydrogens (tertiary/aromatic N) is 2. The predicted molar refractivity (Wildman–Crippen MR) is 67.0 cm³/mol. The molecule has 6 heteroatoms. The summed E-state index contributed by atoms with van der Waals surface area (Å²) in [5.74, 6) is 1.39. The molecular weight excluding hydrogens is 260 g/mol. The van der Waals surface area contributed by atoms with Crippen molar-refractivity contribution < 1.29 is 9.47 Å². The van der Waals surface area contributed by atoms with Gasteiger partial charge in [-0.2, -0.15) is 0 Å². The van der Waals surface area contributed by atoms with Crippen LogP contribution >= 0.6 is 22.9 Å². The van der Waals surface area contributed by atoms with Gasteiger partial charge in [-0.05, 0) is 36.2 Å². The average molecular weight is 271 g/mol. The molecular formula is C11H11ClN2O2S. The van der Waals surface area contributed by atoms with E-state index in [0.717, 1.165) is 10.6 Å². The molecule has 0 unspecified atom stereocenters. The van der Waals surface area contributed by atoms with E-state index in [0.29, 0.717) is 22.6 Å². The van der Waals surface area contributed by atoms with Gasteiger partial charge in [-0.1, -0.05) is 17.4 Å². The van der Waals surface area contributed by atoms with E-state index >= 15 is 0 Å². The zero-order valence-electron chi connectivity index (χ0n) is 9.44. The molecule has 0 atom stereocenters. The Bertz CT molecular complexity index is 516. The Morgan fingerprint density at radius 1 is 1.29 bits per heavy atom. The van der Waals surface area contributed by atoms with Crippen LogP contribution in [0.4, 0.5) is 0 Å². The minimum Gasteiger partial charge on any atom is -0.493 e. The molecule has 0 N–H and O–H groups in total. The maximum Gasteiger partial charge on any atom is 0.207 e. The van der Waals surface area contributed by atoms with Crippen LogP contribution in [-0.2, 0) is 6.61 Å². The lowest BCUT2D eigenvalue weighted by molar-refractivity contribution is 0.283. The summed E-state index contributed by atoms with van der Waals surface area (Å²) in [6, 6.07) is 5.75. The van der Waals surface area contributed by atoms with Crippen molar-refractivity contribution in [1.82, 2.24) is 10.2 Å². The number of halogens is 1. The van der Waals surface area contributed by atoms with Crippen LogP contribution in [0.3, 0.4) is 0 Å². The van der Waals surface area contributed by atoms with Crippen LogP contribution in [0.1, 0.15) is 10.6 Å². The number of hydrogen-bond acceptors (Lipinski definition) is 5. The van der Waals surface area contributed by atoms with Crippen LogP contribution in [0.15, 0.2) is 18.2 Å². The van der Waals surface area contributed by atoms with E-state index in [2.05, 4.69) is 10.2 Å². The third-order valence-corrected chi connectivity index (χ3v) is 3.10. The summed E-state index contributed by atoms with van der Waals surface area (Å²) in [5, 5.41) is 8.32. The first-order valence-electron chi connectivity index (χ1n) is 4.94. The molecule has 0 aliphatic rings. The van der Waals surface area contributed by atoms with Crippen molar-refractivity contribution in [3.05, 3.63) is 33.2 Å². The van der Waals surface area contributed by atoms with Crippen LogP contribution in [0, 0.1) is 6.92 Å². The Hall–Kier alpha value is -1.33. The van der Waals surface area contributed by atoms with E-state index < -0.39 is 0 Å². The zero-order valence-corrected chi connectivity index (χ0v) is 11.0. The first-order chi connectivity index (χ1) is 8.19. The van der Waals surface area contributed by atoms with Crippen LogP contribution < -0.4 is 9.47 Å². The average Bonchev–Trinajstić information content (AvgIpc) is 2.73. The topological polar surface area (TPSA) is 44.2 Å². The molecule has 2 aromatic rings. The van der Waals surface area contributed by atoms with Crippen LogP contribution in [0.5, 0.6) is 11.5 Å².